The second-order valence-corrected chi connectivity index (χ2v) is 8.63. The second-order valence-electron chi connectivity index (χ2n) is 7.49. The number of rotatable bonds is 5. The SMILES string of the molecule is O=C(CN1C(=O)C(C(=O)N2CCCCCC2)Sc2ccccc21)NCc1ccco1. The van der Waals surface area contributed by atoms with Gasteiger partial charge in [-0.1, -0.05) is 25.0 Å². The van der Waals surface area contributed by atoms with E-state index in [0.29, 0.717) is 24.5 Å². The number of nitrogens with zero attached hydrogens (tertiary/aromatic N) is 2. The summed E-state index contributed by atoms with van der Waals surface area (Å²) in [7, 11) is 0. The summed E-state index contributed by atoms with van der Waals surface area (Å²) in [6.07, 6.45) is 5.70. The summed E-state index contributed by atoms with van der Waals surface area (Å²) < 4.78 is 5.23. The van der Waals surface area contributed by atoms with E-state index in [-0.39, 0.29) is 30.8 Å². The standard InChI is InChI=1S/C22H25N3O4S/c26-19(23-14-16-8-7-13-29-16)15-25-17-9-3-4-10-18(17)30-20(22(25)28)21(27)24-11-5-1-2-6-12-24/h3-4,7-10,13,20H,1-2,5-6,11-12,14-15H2,(H,23,26). The number of likely N-dealkylation sites (tertiary alicyclic amines) is 1. The molecule has 3 heterocycles. The number of amides is 3. The molecular weight excluding hydrogens is 402 g/mol. The predicted octanol–water partition coefficient (Wildman–Crippen LogP) is 2.81. The van der Waals surface area contributed by atoms with Gasteiger partial charge in [-0.3, -0.25) is 14.4 Å². The van der Waals surface area contributed by atoms with Gasteiger partial charge in [-0.05, 0) is 37.1 Å². The number of thioether (sulfide) groups is 1. The Kier molecular flexibility index (Phi) is 6.42. The summed E-state index contributed by atoms with van der Waals surface area (Å²) in [5, 5.41) is 1.92. The van der Waals surface area contributed by atoms with Gasteiger partial charge in [-0.2, -0.15) is 0 Å². The van der Waals surface area contributed by atoms with E-state index in [0.717, 1.165) is 30.6 Å². The number of carbonyl (C=O) groups is 3. The van der Waals surface area contributed by atoms with Gasteiger partial charge in [0.2, 0.25) is 11.8 Å². The van der Waals surface area contributed by atoms with Crippen LogP contribution in [0.1, 0.15) is 31.4 Å². The Hall–Kier alpha value is -2.74. The molecule has 8 heteroatoms. The van der Waals surface area contributed by atoms with Gasteiger partial charge in [0.1, 0.15) is 12.3 Å². The number of carbonyl (C=O) groups excluding carboxylic acids is 3. The van der Waals surface area contributed by atoms with Gasteiger partial charge in [0.15, 0.2) is 5.25 Å². The minimum Gasteiger partial charge on any atom is -0.467 e. The monoisotopic (exact) mass is 427 g/mol. The summed E-state index contributed by atoms with van der Waals surface area (Å²) in [5.74, 6) is -0.149. The van der Waals surface area contributed by atoms with Crippen molar-refractivity contribution in [3.63, 3.8) is 0 Å². The van der Waals surface area contributed by atoms with Gasteiger partial charge in [0.05, 0.1) is 18.5 Å². The van der Waals surface area contributed by atoms with Gasteiger partial charge in [-0.15, -0.1) is 11.8 Å². The molecule has 1 unspecified atom stereocenters. The van der Waals surface area contributed by atoms with Gasteiger partial charge in [0, 0.05) is 18.0 Å². The predicted molar refractivity (Wildman–Crippen MR) is 114 cm³/mol. The zero-order valence-electron chi connectivity index (χ0n) is 16.7. The lowest BCUT2D eigenvalue weighted by atomic mass is 10.2. The zero-order valence-corrected chi connectivity index (χ0v) is 17.5. The summed E-state index contributed by atoms with van der Waals surface area (Å²) in [6, 6.07) is 10.9. The number of para-hydroxylation sites is 1. The molecule has 4 rings (SSSR count). The van der Waals surface area contributed by atoms with Crippen molar-refractivity contribution in [2.75, 3.05) is 24.5 Å². The van der Waals surface area contributed by atoms with Gasteiger partial charge >= 0.3 is 0 Å². The van der Waals surface area contributed by atoms with Gasteiger partial charge < -0.3 is 19.5 Å². The van der Waals surface area contributed by atoms with E-state index in [1.807, 2.05) is 29.2 Å². The molecule has 3 amide bonds. The van der Waals surface area contributed by atoms with Crippen LogP contribution in [0.2, 0.25) is 0 Å². The Labute approximate surface area is 179 Å². The first-order valence-corrected chi connectivity index (χ1v) is 11.2. The highest BCUT2D eigenvalue weighted by Crippen LogP contribution is 2.39. The quantitative estimate of drug-likeness (QED) is 0.742. The molecular formula is C22H25N3O4S. The van der Waals surface area contributed by atoms with Crippen LogP contribution in [0.4, 0.5) is 5.69 Å². The van der Waals surface area contributed by atoms with Crippen LogP contribution in [0.15, 0.2) is 52.0 Å². The Morgan fingerprint density at radius 1 is 1.07 bits per heavy atom. The van der Waals surface area contributed by atoms with Crippen molar-refractivity contribution in [2.24, 2.45) is 0 Å². The van der Waals surface area contributed by atoms with Gasteiger partial charge in [0.25, 0.3) is 5.91 Å². The van der Waals surface area contributed by atoms with E-state index in [4.69, 9.17) is 4.42 Å². The summed E-state index contributed by atoms with van der Waals surface area (Å²) in [6.45, 7) is 1.49. The smallest absolute Gasteiger partial charge is 0.250 e. The molecule has 1 aromatic carbocycles. The number of nitrogens with one attached hydrogen (secondary N) is 1. The minimum atomic E-state index is -0.851. The third kappa shape index (κ3) is 4.53. The molecule has 0 radical (unpaired) electrons. The van der Waals surface area contributed by atoms with Crippen LogP contribution in [0.5, 0.6) is 0 Å². The van der Waals surface area contributed by atoms with E-state index >= 15 is 0 Å². The van der Waals surface area contributed by atoms with Crippen LogP contribution < -0.4 is 10.2 Å². The largest absolute Gasteiger partial charge is 0.467 e. The number of benzene rings is 1. The third-order valence-corrected chi connectivity index (χ3v) is 6.61. The molecule has 1 N–H and O–H groups in total. The maximum Gasteiger partial charge on any atom is 0.250 e. The molecule has 2 aliphatic heterocycles. The van der Waals surface area contributed by atoms with Crippen molar-refractivity contribution in [2.45, 2.75) is 42.4 Å². The van der Waals surface area contributed by atoms with Crippen molar-refractivity contribution in [1.29, 1.82) is 0 Å². The molecule has 2 aliphatic rings. The average molecular weight is 428 g/mol. The van der Waals surface area contributed by atoms with E-state index in [9.17, 15) is 14.4 Å². The third-order valence-electron chi connectivity index (χ3n) is 5.37. The first kappa shape index (κ1) is 20.5. The molecule has 2 aromatic rings. The van der Waals surface area contributed by atoms with Crippen LogP contribution >= 0.6 is 11.8 Å². The molecule has 30 heavy (non-hydrogen) atoms. The van der Waals surface area contributed by atoms with Crippen LogP contribution in [0.25, 0.3) is 0 Å². The number of anilines is 1. The fourth-order valence-electron chi connectivity index (χ4n) is 3.79. The maximum atomic E-state index is 13.3. The van der Waals surface area contributed by atoms with Crippen LogP contribution in [0, 0.1) is 0 Å². The lowest BCUT2D eigenvalue weighted by Gasteiger charge is -2.34. The van der Waals surface area contributed by atoms with E-state index in [2.05, 4.69) is 5.32 Å². The number of fused-ring (bicyclic) bond motifs is 1. The van der Waals surface area contributed by atoms with Gasteiger partial charge in [-0.25, -0.2) is 0 Å². The van der Waals surface area contributed by atoms with Crippen molar-refractivity contribution < 1.29 is 18.8 Å². The van der Waals surface area contributed by atoms with Crippen LogP contribution in [0.3, 0.4) is 0 Å². The lowest BCUT2D eigenvalue weighted by Crippen LogP contribution is -2.52. The molecule has 0 bridgehead atoms. The fourth-order valence-corrected chi connectivity index (χ4v) is 4.98. The minimum absolute atomic E-state index is 0.138. The lowest BCUT2D eigenvalue weighted by molar-refractivity contribution is -0.135. The highest BCUT2D eigenvalue weighted by atomic mass is 32.2. The summed E-state index contributed by atoms with van der Waals surface area (Å²) in [5.41, 5.74) is 0.667. The Bertz CT molecular complexity index is 907. The second kappa shape index (κ2) is 9.38. The van der Waals surface area contributed by atoms with Crippen molar-refractivity contribution in [3.05, 3.63) is 48.4 Å². The molecule has 7 nitrogen and oxygen atoms in total. The van der Waals surface area contributed by atoms with Crippen molar-refractivity contribution >= 4 is 35.2 Å². The molecule has 158 valence electrons. The Balaban J connectivity index is 1.50. The first-order chi connectivity index (χ1) is 14.6. The molecule has 1 fully saturated rings. The Morgan fingerprint density at radius 2 is 1.83 bits per heavy atom. The van der Waals surface area contributed by atoms with E-state index in [1.165, 1.54) is 16.7 Å². The number of hydrogen-bond acceptors (Lipinski definition) is 5. The average Bonchev–Trinajstić information content (AvgIpc) is 3.14. The summed E-state index contributed by atoms with van der Waals surface area (Å²) >= 11 is 1.29. The van der Waals surface area contributed by atoms with Crippen molar-refractivity contribution in [3.8, 4) is 0 Å². The molecule has 0 spiro atoms. The maximum absolute atomic E-state index is 13.3. The number of furan rings is 1. The molecule has 0 saturated carbocycles. The molecule has 1 atom stereocenters. The Morgan fingerprint density at radius 3 is 2.57 bits per heavy atom. The normalized spacial score (nSPS) is 19.2. The summed E-state index contributed by atoms with van der Waals surface area (Å²) in [4.78, 5) is 43.1. The molecule has 1 saturated heterocycles. The van der Waals surface area contributed by atoms with E-state index < -0.39 is 5.25 Å². The fraction of sp³-hybridized carbons (Fsp3) is 0.409. The van der Waals surface area contributed by atoms with Crippen LogP contribution in [-0.4, -0.2) is 47.5 Å². The molecule has 1 aromatic heterocycles. The molecule has 0 aliphatic carbocycles. The van der Waals surface area contributed by atoms with Crippen LogP contribution in [-0.2, 0) is 20.9 Å². The van der Waals surface area contributed by atoms with E-state index in [1.54, 1.807) is 18.4 Å². The highest BCUT2D eigenvalue weighted by molar-refractivity contribution is 8.01. The zero-order chi connectivity index (χ0) is 20.9. The van der Waals surface area contributed by atoms with Crippen molar-refractivity contribution in [1.82, 2.24) is 10.2 Å². The highest BCUT2D eigenvalue weighted by Gasteiger charge is 2.40. The topological polar surface area (TPSA) is 82.9 Å². The first-order valence-electron chi connectivity index (χ1n) is 10.3. The number of hydrogen-bond donors (Lipinski definition) is 1.